The normalized spacial score (nSPS) is 14.3. The van der Waals surface area contributed by atoms with Gasteiger partial charge in [-0.15, -0.1) is 0 Å². The number of aliphatic hydroxyl groups is 2. The van der Waals surface area contributed by atoms with Gasteiger partial charge in [-0.2, -0.15) is 0 Å². The highest BCUT2D eigenvalue weighted by molar-refractivity contribution is 7.39. The third-order valence-corrected chi connectivity index (χ3v) is 8.76. The Bertz CT molecular complexity index is 1310. The summed E-state index contributed by atoms with van der Waals surface area (Å²) in [5.74, 6) is -0.149. The number of esters is 1. The summed E-state index contributed by atoms with van der Waals surface area (Å²) in [6, 6.07) is 9.18. The van der Waals surface area contributed by atoms with E-state index in [4.69, 9.17) is 13.8 Å². The lowest BCUT2D eigenvalue weighted by Gasteiger charge is -2.42. The third kappa shape index (κ3) is 9.99. The molecule has 10 nitrogen and oxygen atoms in total. The first-order chi connectivity index (χ1) is 20.8. The zero-order chi connectivity index (χ0) is 35.6. The van der Waals surface area contributed by atoms with E-state index < -0.39 is 65.3 Å². The van der Waals surface area contributed by atoms with Crippen LogP contribution in [0, 0.1) is 5.41 Å². The Morgan fingerprint density at radius 2 is 1.17 bits per heavy atom. The van der Waals surface area contributed by atoms with Gasteiger partial charge in [-0.3, -0.25) is 0 Å². The minimum atomic E-state index is -3.03. The Balaban J connectivity index is 2.92. The topological polar surface area (TPSA) is 166 Å². The molecule has 0 aliphatic rings. The molecular formula is C34H54O10P2. The fourth-order valence-electron chi connectivity index (χ4n) is 5.26. The SMILES string of the molecule is CC(C)(C)c1ccc(OC(=O)c2cc(C(C)(C)C)c(C(OP(O)O)C(CO)(CO)COP(O)O)c(C(C)(C)C)c2)c(C(C)(C)C)c1. The summed E-state index contributed by atoms with van der Waals surface area (Å²) in [5.41, 5.74) is 0.251. The molecule has 0 radical (unpaired) electrons. The van der Waals surface area contributed by atoms with Crippen LogP contribution < -0.4 is 4.74 Å². The predicted octanol–water partition coefficient (Wildman–Crippen LogP) is 6.56. The van der Waals surface area contributed by atoms with E-state index >= 15 is 0 Å². The number of rotatable bonds is 11. The molecule has 46 heavy (non-hydrogen) atoms. The van der Waals surface area contributed by atoms with Crippen LogP contribution in [0.25, 0.3) is 0 Å². The first-order valence-corrected chi connectivity index (χ1v) is 17.5. The summed E-state index contributed by atoms with van der Waals surface area (Å²) in [7, 11) is -5.90. The largest absolute Gasteiger partial charge is 0.423 e. The molecule has 0 aliphatic heterocycles. The second-order valence-electron chi connectivity index (χ2n) is 16.0. The first-order valence-electron chi connectivity index (χ1n) is 15.2. The van der Waals surface area contributed by atoms with Gasteiger partial charge in [0.2, 0.25) is 0 Å². The van der Waals surface area contributed by atoms with E-state index in [1.807, 2.05) is 53.7 Å². The number of benzene rings is 2. The van der Waals surface area contributed by atoms with Gasteiger partial charge in [-0.1, -0.05) is 95.2 Å². The smallest absolute Gasteiger partial charge is 0.343 e. The quantitative estimate of drug-likeness (QED) is 0.0867. The minimum absolute atomic E-state index is 0.108. The van der Waals surface area contributed by atoms with Crippen LogP contribution in [0.2, 0.25) is 0 Å². The first kappa shape index (κ1) is 40.6. The van der Waals surface area contributed by atoms with E-state index in [0.29, 0.717) is 22.4 Å². The Morgan fingerprint density at radius 1 is 0.696 bits per heavy atom. The Hall–Kier alpha value is -1.55. The molecule has 0 fully saturated rings. The molecule has 1 unspecified atom stereocenters. The van der Waals surface area contributed by atoms with Crippen LogP contribution in [0.15, 0.2) is 30.3 Å². The van der Waals surface area contributed by atoms with Gasteiger partial charge in [-0.25, -0.2) is 4.79 Å². The number of carbonyl (C=O) groups is 1. The van der Waals surface area contributed by atoms with Crippen molar-refractivity contribution in [1.82, 2.24) is 0 Å². The maximum absolute atomic E-state index is 14.0. The van der Waals surface area contributed by atoms with Crippen LogP contribution in [0.5, 0.6) is 5.75 Å². The number of ether oxygens (including phenoxy) is 1. The molecule has 2 rings (SSSR count). The lowest BCUT2D eigenvalue weighted by molar-refractivity contribution is -0.0737. The Labute approximate surface area is 276 Å². The molecule has 0 aliphatic carbocycles. The van der Waals surface area contributed by atoms with Gasteiger partial charge in [-0.05, 0) is 62.1 Å². The lowest BCUT2D eigenvalue weighted by atomic mass is 9.69. The molecule has 2 aromatic carbocycles. The van der Waals surface area contributed by atoms with Crippen LogP contribution in [0.1, 0.15) is 127 Å². The molecule has 6 N–H and O–H groups in total. The van der Waals surface area contributed by atoms with Crippen LogP contribution in [-0.4, -0.2) is 55.6 Å². The lowest BCUT2D eigenvalue weighted by Crippen LogP contribution is -2.43. The fraction of sp³-hybridized carbons (Fsp3) is 0.618. The van der Waals surface area contributed by atoms with Crippen molar-refractivity contribution in [3.8, 4) is 5.75 Å². The Morgan fingerprint density at radius 3 is 1.54 bits per heavy atom. The highest BCUT2D eigenvalue weighted by atomic mass is 31.2. The molecule has 0 amide bonds. The minimum Gasteiger partial charge on any atom is -0.423 e. The average Bonchev–Trinajstić information content (AvgIpc) is 2.90. The molecule has 0 saturated carbocycles. The van der Waals surface area contributed by atoms with Crippen LogP contribution in [0.4, 0.5) is 0 Å². The summed E-state index contributed by atoms with van der Waals surface area (Å²) in [6.45, 7) is 21.9. The number of hydrogen-bond donors (Lipinski definition) is 6. The van der Waals surface area contributed by atoms with E-state index in [2.05, 4.69) is 47.6 Å². The number of aliphatic hydroxyl groups excluding tert-OH is 2. The van der Waals surface area contributed by atoms with Crippen molar-refractivity contribution in [3.63, 3.8) is 0 Å². The van der Waals surface area contributed by atoms with E-state index in [9.17, 15) is 34.6 Å². The highest BCUT2D eigenvalue weighted by Crippen LogP contribution is 2.51. The van der Waals surface area contributed by atoms with E-state index in [1.54, 1.807) is 12.1 Å². The molecular weight excluding hydrogens is 630 g/mol. The summed E-state index contributed by atoms with van der Waals surface area (Å²) >= 11 is 0. The van der Waals surface area contributed by atoms with Crippen molar-refractivity contribution in [2.75, 3.05) is 19.8 Å². The Kier molecular flexibility index (Phi) is 13.2. The van der Waals surface area contributed by atoms with Gasteiger partial charge in [0.25, 0.3) is 0 Å². The monoisotopic (exact) mass is 684 g/mol. The molecule has 0 bridgehead atoms. The third-order valence-electron chi connectivity index (χ3n) is 8.00. The molecule has 0 aromatic heterocycles. The molecule has 12 heteroatoms. The summed E-state index contributed by atoms with van der Waals surface area (Å²) in [6.07, 6.45) is -1.40. The van der Waals surface area contributed by atoms with Gasteiger partial charge >= 0.3 is 23.2 Å². The zero-order valence-electron chi connectivity index (χ0n) is 29.3. The number of hydrogen-bond acceptors (Lipinski definition) is 10. The van der Waals surface area contributed by atoms with Crippen LogP contribution in [-0.2, 0) is 30.7 Å². The molecule has 1 atom stereocenters. The van der Waals surface area contributed by atoms with Crippen molar-refractivity contribution < 1.29 is 48.4 Å². The zero-order valence-corrected chi connectivity index (χ0v) is 31.1. The number of carbonyl (C=O) groups excluding carboxylic acids is 1. The van der Waals surface area contributed by atoms with Gasteiger partial charge in [0.1, 0.15) is 11.9 Å². The van der Waals surface area contributed by atoms with Gasteiger partial charge in [0.05, 0.1) is 30.8 Å². The molecule has 0 heterocycles. The average molecular weight is 685 g/mol. The standard InChI is InChI=1S/C34H54O10P2/c1-30(2,3)22-13-14-26(23(17-22)31(4,5)6)43-29(37)21-15-24(32(7,8)9)27(25(16-21)33(10,11)12)28(44-46(40)41)34(18-35,19-36)20-42-45(38)39/h13-17,28,35-36,38-41H,18-20H2,1-12H3. The van der Waals surface area contributed by atoms with Crippen molar-refractivity contribution in [2.45, 2.75) is 111 Å². The summed E-state index contributed by atoms with van der Waals surface area (Å²) in [5, 5.41) is 21.2. The summed E-state index contributed by atoms with van der Waals surface area (Å²) in [4.78, 5) is 53.2. The van der Waals surface area contributed by atoms with Gasteiger partial charge < -0.3 is 43.6 Å². The van der Waals surface area contributed by atoms with Crippen molar-refractivity contribution in [3.05, 3.63) is 63.7 Å². The maximum atomic E-state index is 14.0. The molecule has 0 saturated heterocycles. The summed E-state index contributed by atoms with van der Waals surface area (Å²) < 4.78 is 16.8. The van der Waals surface area contributed by atoms with Crippen molar-refractivity contribution >= 4 is 23.2 Å². The fourth-order valence-corrected chi connectivity index (χ4v) is 6.15. The van der Waals surface area contributed by atoms with E-state index in [-0.39, 0.29) is 16.4 Å². The van der Waals surface area contributed by atoms with Gasteiger partial charge in [0.15, 0.2) is 0 Å². The van der Waals surface area contributed by atoms with Crippen molar-refractivity contribution in [2.24, 2.45) is 5.41 Å². The molecule has 0 spiro atoms. The molecule has 260 valence electrons. The second-order valence-corrected chi connectivity index (χ2v) is 17.5. The predicted molar refractivity (Wildman–Crippen MR) is 182 cm³/mol. The van der Waals surface area contributed by atoms with Gasteiger partial charge in [0, 0.05) is 5.56 Å². The van der Waals surface area contributed by atoms with E-state index in [1.165, 1.54) is 0 Å². The van der Waals surface area contributed by atoms with Crippen LogP contribution >= 0.6 is 17.2 Å². The second kappa shape index (κ2) is 14.9. The van der Waals surface area contributed by atoms with Crippen molar-refractivity contribution in [1.29, 1.82) is 0 Å². The maximum Gasteiger partial charge on any atom is 0.343 e. The highest BCUT2D eigenvalue weighted by Gasteiger charge is 2.46. The molecule has 2 aromatic rings. The van der Waals surface area contributed by atoms with Crippen LogP contribution in [0.3, 0.4) is 0 Å². The van der Waals surface area contributed by atoms with E-state index in [0.717, 1.165) is 11.1 Å².